The van der Waals surface area contributed by atoms with Crippen molar-refractivity contribution in [3.63, 3.8) is 0 Å². The lowest BCUT2D eigenvalue weighted by atomic mass is 10.1. The third-order valence-electron chi connectivity index (χ3n) is 5.04. The number of benzene rings is 3. The van der Waals surface area contributed by atoms with Crippen LogP contribution in [0.15, 0.2) is 78.9 Å². The van der Waals surface area contributed by atoms with Crippen molar-refractivity contribution in [2.75, 3.05) is 5.32 Å². The minimum atomic E-state index is -0.665. The van der Waals surface area contributed by atoms with E-state index in [2.05, 4.69) is 10.6 Å². The van der Waals surface area contributed by atoms with Crippen LogP contribution >= 0.6 is 0 Å². The lowest BCUT2D eigenvalue weighted by Crippen LogP contribution is -2.34. The van der Waals surface area contributed by atoms with E-state index in [9.17, 15) is 9.59 Å². The number of aryl methyl sites for hydroxylation is 1. The van der Waals surface area contributed by atoms with Gasteiger partial charge >= 0.3 is 0 Å². The molecule has 0 aromatic heterocycles. The molecule has 0 saturated heterocycles. The molecule has 2 amide bonds. The maximum atomic E-state index is 12.9. The number of hydrogen-bond acceptors (Lipinski definition) is 3. The van der Waals surface area contributed by atoms with Crippen LogP contribution in [0.1, 0.15) is 47.8 Å². The van der Waals surface area contributed by atoms with E-state index >= 15 is 0 Å². The Morgan fingerprint density at radius 2 is 1.55 bits per heavy atom. The van der Waals surface area contributed by atoms with Crippen molar-refractivity contribution in [2.24, 2.45) is 0 Å². The number of rotatable bonds is 8. The van der Waals surface area contributed by atoms with Crippen LogP contribution in [0.2, 0.25) is 0 Å². The topological polar surface area (TPSA) is 67.4 Å². The average molecular weight is 417 g/mol. The van der Waals surface area contributed by atoms with Gasteiger partial charge in [-0.25, -0.2) is 0 Å². The van der Waals surface area contributed by atoms with Crippen molar-refractivity contribution in [1.82, 2.24) is 5.32 Å². The second-order valence-corrected chi connectivity index (χ2v) is 7.47. The number of anilines is 1. The van der Waals surface area contributed by atoms with Gasteiger partial charge in [-0.1, -0.05) is 67.1 Å². The number of carbonyl (C=O) groups excluding carboxylic acids is 2. The summed E-state index contributed by atoms with van der Waals surface area (Å²) in [6, 6.07) is 24.1. The molecule has 0 aliphatic rings. The molecular weight excluding hydrogens is 388 g/mol. The van der Waals surface area contributed by atoms with Gasteiger partial charge < -0.3 is 15.4 Å². The van der Waals surface area contributed by atoms with Gasteiger partial charge in [0.05, 0.1) is 17.3 Å². The fourth-order valence-corrected chi connectivity index (χ4v) is 3.21. The molecule has 5 nitrogen and oxygen atoms in total. The van der Waals surface area contributed by atoms with Gasteiger partial charge in [-0.2, -0.15) is 0 Å². The van der Waals surface area contributed by atoms with E-state index in [0.717, 1.165) is 11.1 Å². The molecule has 0 radical (unpaired) electrons. The first-order valence-corrected chi connectivity index (χ1v) is 10.5. The maximum absolute atomic E-state index is 12.9. The molecule has 2 N–H and O–H groups in total. The average Bonchev–Trinajstić information content (AvgIpc) is 2.79. The SMILES string of the molecule is CC[C@H](Oc1ccc(C)cc1)C(=O)Nc1ccccc1C(=O)N[C@@H](C)c1ccccc1. The van der Waals surface area contributed by atoms with E-state index in [1.54, 1.807) is 24.3 Å². The van der Waals surface area contributed by atoms with Crippen LogP contribution in [0.4, 0.5) is 5.69 Å². The molecule has 0 saturated carbocycles. The summed E-state index contributed by atoms with van der Waals surface area (Å²) in [7, 11) is 0. The molecule has 3 rings (SSSR count). The Balaban J connectivity index is 1.70. The zero-order valence-corrected chi connectivity index (χ0v) is 18.1. The molecule has 160 valence electrons. The van der Waals surface area contributed by atoms with E-state index in [-0.39, 0.29) is 17.9 Å². The zero-order valence-electron chi connectivity index (χ0n) is 18.1. The smallest absolute Gasteiger partial charge is 0.265 e. The van der Waals surface area contributed by atoms with Crippen LogP contribution in [0.25, 0.3) is 0 Å². The van der Waals surface area contributed by atoms with Crippen molar-refractivity contribution >= 4 is 17.5 Å². The van der Waals surface area contributed by atoms with Gasteiger partial charge in [0, 0.05) is 0 Å². The fourth-order valence-electron chi connectivity index (χ4n) is 3.21. The van der Waals surface area contributed by atoms with E-state index in [1.807, 2.05) is 75.4 Å². The number of nitrogens with one attached hydrogen (secondary N) is 2. The Hall–Kier alpha value is -3.60. The van der Waals surface area contributed by atoms with E-state index in [1.165, 1.54) is 0 Å². The maximum Gasteiger partial charge on any atom is 0.265 e. The predicted molar refractivity (Wildman–Crippen MR) is 123 cm³/mol. The molecule has 0 fully saturated rings. The molecule has 3 aromatic rings. The van der Waals surface area contributed by atoms with Crippen LogP contribution in [-0.2, 0) is 4.79 Å². The number of amides is 2. The summed E-state index contributed by atoms with van der Waals surface area (Å²) in [5.41, 5.74) is 2.99. The summed E-state index contributed by atoms with van der Waals surface area (Å²) in [6.07, 6.45) is -0.166. The van der Waals surface area contributed by atoms with Gasteiger partial charge in [-0.15, -0.1) is 0 Å². The molecule has 5 heteroatoms. The van der Waals surface area contributed by atoms with E-state index < -0.39 is 6.10 Å². The third kappa shape index (κ3) is 5.95. The third-order valence-corrected chi connectivity index (χ3v) is 5.04. The standard InChI is InChI=1S/C26H28N2O3/c1-4-24(31-21-16-14-18(2)15-17-21)26(30)28-23-13-9-8-12-22(23)25(29)27-19(3)20-10-6-5-7-11-20/h5-17,19,24H,4H2,1-3H3,(H,27,29)(H,28,30)/t19-,24-/m0/s1. The van der Waals surface area contributed by atoms with Crippen molar-refractivity contribution in [3.05, 3.63) is 95.6 Å². The van der Waals surface area contributed by atoms with Crippen LogP contribution < -0.4 is 15.4 Å². The molecule has 0 unspecified atom stereocenters. The number of para-hydroxylation sites is 1. The molecule has 31 heavy (non-hydrogen) atoms. The monoisotopic (exact) mass is 416 g/mol. The van der Waals surface area contributed by atoms with Gasteiger partial charge in [-0.3, -0.25) is 9.59 Å². The molecular formula is C26H28N2O3. The van der Waals surface area contributed by atoms with E-state index in [0.29, 0.717) is 23.4 Å². The Labute approximate surface area is 183 Å². The Morgan fingerprint density at radius 3 is 2.23 bits per heavy atom. The highest BCUT2D eigenvalue weighted by Crippen LogP contribution is 2.20. The second-order valence-electron chi connectivity index (χ2n) is 7.47. The summed E-state index contributed by atoms with van der Waals surface area (Å²) in [5, 5.41) is 5.86. The van der Waals surface area contributed by atoms with Gasteiger partial charge in [0.15, 0.2) is 6.10 Å². The summed E-state index contributed by atoms with van der Waals surface area (Å²) >= 11 is 0. The molecule has 0 heterocycles. The summed E-state index contributed by atoms with van der Waals surface area (Å²) in [5.74, 6) is 0.0921. The normalized spacial score (nSPS) is 12.5. The van der Waals surface area contributed by atoms with Gasteiger partial charge in [-0.05, 0) is 50.1 Å². The van der Waals surface area contributed by atoms with Crippen LogP contribution in [0.3, 0.4) is 0 Å². The highest BCUT2D eigenvalue weighted by molar-refractivity contribution is 6.04. The molecule has 0 bridgehead atoms. The molecule has 0 spiro atoms. The number of hydrogen-bond donors (Lipinski definition) is 2. The van der Waals surface area contributed by atoms with Crippen molar-refractivity contribution in [3.8, 4) is 5.75 Å². The lowest BCUT2D eigenvalue weighted by Gasteiger charge is -2.19. The van der Waals surface area contributed by atoms with Crippen LogP contribution in [0.5, 0.6) is 5.75 Å². The molecule has 3 aromatic carbocycles. The van der Waals surface area contributed by atoms with Crippen LogP contribution in [0, 0.1) is 6.92 Å². The minimum absolute atomic E-state index is 0.161. The van der Waals surface area contributed by atoms with Crippen molar-refractivity contribution in [2.45, 2.75) is 39.3 Å². The van der Waals surface area contributed by atoms with E-state index in [4.69, 9.17) is 4.74 Å². The first-order chi connectivity index (χ1) is 15.0. The lowest BCUT2D eigenvalue weighted by molar-refractivity contribution is -0.122. The predicted octanol–water partition coefficient (Wildman–Crippen LogP) is 5.28. The number of ether oxygens (including phenoxy) is 1. The summed E-state index contributed by atoms with van der Waals surface area (Å²) < 4.78 is 5.86. The quantitative estimate of drug-likeness (QED) is 0.525. The van der Waals surface area contributed by atoms with Crippen molar-refractivity contribution in [1.29, 1.82) is 0 Å². The Bertz CT molecular complexity index is 1020. The first-order valence-electron chi connectivity index (χ1n) is 10.5. The second kappa shape index (κ2) is 10.4. The Kier molecular flexibility index (Phi) is 7.44. The van der Waals surface area contributed by atoms with Crippen LogP contribution in [-0.4, -0.2) is 17.9 Å². The molecule has 0 aliphatic carbocycles. The van der Waals surface area contributed by atoms with Gasteiger partial charge in [0.2, 0.25) is 0 Å². The highest BCUT2D eigenvalue weighted by Gasteiger charge is 2.21. The first kappa shape index (κ1) is 22.1. The minimum Gasteiger partial charge on any atom is -0.481 e. The summed E-state index contributed by atoms with van der Waals surface area (Å²) in [4.78, 5) is 25.8. The molecule has 0 aliphatic heterocycles. The zero-order chi connectivity index (χ0) is 22.2. The van der Waals surface area contributed by atoms with Gasteiger partial charge in [0.1, 0.15) is 5.75 Å². The largest absolute Gasteiger partial charge is 0.481 e. The van der Waals surface area contributed by atoms with Crippen molar-refractivity contribution < 1.29 is 14.3 Å². The Morgan fingerprint density at radius 1 is 0.903 bits per heavy atom. The molecule has 2 atom stereocenters. The van der Waals surface area contributed by atoms with Gasteiger partial charge in [0.25, 0.3) is 11.8 Å². The fraction of sp³-hybridized carbons (Fsp3) is 0.231. The highest BCUT2D eigenvalue weighted by atomic mass is 16.5. The number of carbonyl (C=O) groups is 2. The summed E-state index contributed by atoms with van der Waals surface area (Å²) in [6.45, 7) is 5.81.